The van der Waals surface area contributed by atoms with Crippen molar-refractivity contribution in [1.82, 2.24) is 13.5 Å². The van der Waals surface area contributed by atoms with Crippen LogP contribution in [0.1, 0.15) is 0 Å². The Balaban J connectivity index is 3.15. The van der Waals surface area contributed by atoms with Crippen molar-refractivity contribution in [3.05, 3.63) is 18.2 Å². The zero-order valence-corrected chi connectivity index (χ0v) is 7.42. The van der Waals surface area contributed by atoms with Crippen LogP contribution in [-0.2, 0) is 10.2 Å². The summed E-state index contributed by atoms with van der Waals surface area (Å²) in [5.41, 5.74) is 0. The van der Waals surface area contributed by atoms with E-state index in [1.54, 1.807) is 0 Å². The predicted molar refractivity (Wildman–Crippen MR) is 40.2 cm³/mol. The Kier molecular flexibility index (Phi) is 2.16. The third kappa shape index (κ3) is 1.46. The van der Waals surface area contributed by atoms with Crippen LogP contribution in [-0.4, -0.2) is 36.0 Å². The first-order valence-electron chi connectivity index (χ1n) is 3.08. The van der Waals surface area contributed by atoms with Gasteiger partial charge in [-0.2, -0.15) is 17.8 Å². The largest absolute Gasteiger partial charge is 0.322 e. The molecule has 5 nitrogen and oxygen atoms in total. The lowest BCUT2D eigenvalue weighted by Crippen LogP contribution is -2.29. The highest BCUT2D eigenvalue weighted by molar-refractivity contribution is 7.87. The molecule has 0 aliphatic heterocycles. The molecule has 0 N–H and O–H groups in total. The molecule has 0 aromatic carbocycles. The lowest BCUT2D eigenvalue weighted by atomic mass is 10.7. The Labute approximate surface area is 69.6 Å². The monoisotopic (exact) mass is 193 g/mol. The van der Waals surface area contributed by atoms with Gasteiger partial charge in [0, 0.05) is 14.1 Å². The van der Waals surface area contributed by atoms with Crippen LogP contribution in [0.4, 0.5) is 4.39 Å². The van der Waals surface area contributed by atoms with E-state index in [0.29, 0.717) is 4.09 Å². The van der Waals surface area contributed by atoms with Crippen molar-refractivity contribution < 1.29 is 12.8 Å². The standard InChI is InChI=1S/C5H8FN3O2S/c1-8(2)12(10,11)9-4-5(6)3-7-9/h3-4H,1-2H3. The van der Waals surface area contributed by atoms with Crippen molar-refractivity contribution in [2.45, 2.75) is 0 Å². The van der Waals surface area contributed by atoms with Gasteiger partial charge in [-0.15, -0.1) is 4.09 Å². The highest BCUT2D eigenvalue weighted by Crippen LogP contribution is 2.01. The fourth-order valence-corrected chi connectivity index (χ4v) is 1.31. The molecular formula is C5H8FN3O2S. The van der Waals surface area contributed by atoms with Crippen LogP contribution < -0.4 is 0 Å². The summed E-state index contributed by atoms with van der Waals surface area (Å²) >= 11 is 0. The van der Waals surface area contributed by atoms with E-state index in [1.807, 2.05) is 0 Å². The maximum atomic E-state index is 12.4. The number of aromatic nitrogens is 2. The Hall–Kier alpha value is -0.950. The molecule has 1 aromatic rings. The Morgan fingerprint density at radius 3 is 2.50 bits per heavy atom. The minimum atomic E-state index is -3.66. The van der Waals surface area contributed by atoms with Gasteiger partial charge in [-0.3, -0.25) is 0 Å². The van der Waals surface area contributed by atoms with Gasteiger partial charge in [0.1, 0.15) is 0 Å². The van der Waals surface area contributed by atoms with Gasteiger partial charge in [-0.05, 0) is 0 Å². The first-order valence-corrected chi connectivity index (χ1v) is 4.47. The molecule has 68 valence electrons. The van der Waals surface area contributed by atoms with E-state index < -0.39 is 16.0 Å². The van der Waals surface area contributed by atoms with E-state index in [0.717, 1.165) is 16.7 Å². The zero-order chi connectivity index (χ0) is 9.35. The SMILES string of the molecule is CN(C)S(=O)(=O)n1cc(F)cn1. The van der Waals surface area contributed by atoms with E-state index in [1.165, 1.54) is 14.1 Å². The van der Waals surface area contributed by atoms with Gasteiger partial charge in [0.25, 0.3) is 0 Å². The van der Waals surface area contributed by atoms with Gasteiger partial charge in [0.05, 0.1) is 12.4 Å². The van der Waals surface area contributed by atoms with E-state index in [-0.39, 0.29) is 0 Å². The van der Waals surface area contributed by atoms with Gasteiger partial charge >= 0.3 is 10.2 Å². The molecule has 0 radical (unpaired) electrons. The molecule has 0 fully saturated rings. The van der Waals surface area contributed by atoms with Gasteiger partial charge in [0.2, 0.25) is 0 Å². The van der Waals surface area contributed by atoms with Crippen LogP contribution in [0.3, 0.4) is 0 Å². The molecule has 1 aromatic heterocycles. The summed E-state index contributed by atoms with van der Waals surface area (Å²) in [5, 5.41) is 3.32. The molecule has 1 heterocycles. The molecule has 0 saturated heterocycles. The molecule has 0 aliphatic rings. The van der Waals surface area contributed by atoms with Crippen LogP contribution >= 0.6 is 0 Å². The van der Waals surface area contributed by atoms with Crippen LogP contribution in [0.15, 0.2) is 12.4 Å². The second-order valence-electron chi connectivity index (χ2n) is 2.32. The van der Waals surface area contributed by atoms with Crippen molar-refractivity contribution in [3.8, 4) is 0 Å². The van der Waals surface area contributed by atoms with Gasteiger partial charge in [-0.1, -0.05) is 0 Å². The minimum absolute atomic E-state index is 0.572. The lowest BCUT2D eigenvalue weighted by Gasteiger charge is -2.09. The topological polar surface area (TPSA) is 55.2 Å². The quantitative estimate of drug-likeness (QED) is 0.646. The van der Waals surface area contributed by atoms with E-state index in [2.05, 4.69) is 5.10 Å². The third-order valence-corrected chi connectivity index (χ3v) is 2.82. The third-order valence-electron chi connectivity index (χ3n) is 1.23. The molecule has 12 heavy (non-hydrogen) atoms. The van der Waals surface area contributed by atoms with Gasteiger partial charge in [-0.25, -0.2) is 4.39 Å². The summed E-state index contributed by atoms with van der Waals surface area (Å²) < 4.78 is 36.3. The molecule has 0 atom stereocenters. The fourth-order valence-electron chi connectivity index (χ4n) is 0.578. The summed E-state index contributed by atoms with van der Waals surface area (Å²) in [6.45, 7) is 0. The zero-order valence-electron chi connectivity index (χ0n) is 6.60. The Bertz CT molecular complexity index is 370. The fraction of sp³-hybridized carbons (Fsp3) is 0.400. The molecule has 1 rings (SSSR count). The lowest BCUT2D eigenvalue weighted by molar-refractivity contribution is 0.503. The van der Waals surface area contributed by atoms with Crippen LogP contribution in [0.25, 0.3) is 0 Å². The van der Waals surface area contributed by atoms with Crippen LogP contribution in [0.2, 0.25) is 0 Å². The molecule has 0 amide bonds. The first kappa shape index (κ1) is 9.14. The molecule has 0 spiro atoms. The van der Waals surface area contributed by atoms with Gasteiger partial charge in [0.15, 0.2) is 5.82 Å². The second kappa shape index (κ2) is 2.83. The summed E-state index contributed by atoms with van der Waals surface area (Å²) in [7, 11) is -0.973. The molecule has 0 unspecified atom stereocenters. The highest BCUT2D eigenvalue weighted by Gasteiger charge is 2.16. The molecule has 0 aliphatic carbocycles. The van der Waals surface area contributed by atoms with Crippen molar-refractivity contribution in [3.63, 3.8) is 0 Å². The van der Waals surface area contributed by atoms with Crippen molar-refractivity contribution in [1.29, 1.82) is 0 Å². The van der Waals surface area contributed by atoms with E-state index >= 15 is 0 Å². The van der Waals surface area contributed by atoms with Crippen molar-refractivity contribution in [2.75, 3.05) is 14.1 Å². The molecular weight excluding hydrogens is 185 g/mol. The summed E-state index contributed by atoms with van der Waals surface area (Å²) in [6.07, 6.45) is 1.64. The van der Waals surface area contributed by atoms with E-state index in [9.17, 15) is 12.8 Å². The van der Waals surface area contributed by atoms with Crippen molar-refractivity contribution in [2.24, 2.45) is 0 Å². The van der Waals surface area contributed by atoms with Gasteiger partial charge < -0.3 is 0 Å². The summed E-state index contributed by atoms with van der Waals surface area (Å²) in [6, 6.07) is 0. The van der Waals surface area contributed by atoms with Crippen molar-refractivity contribution >= 4 is 10.2 Å². The van der Waals surface area contributed by atoms with Crippen LogP contribution in [0, 0.1) is 5.82 Å². The van der Waals surface area contributed by atoms with Crippen LogP contribution in [0.5, 0.6) is 0 Å². The molecule has 0 bridgehead atoms. The van der Waals surface area contributed by atoms with E-state index in [4.69, 9.17) is 0 Å². The predicted octanol–water partition coefficient (Wildman–Crippen LogP) is -0.323. The number of nitrogens with zero attached hydrogens (tertiary/aromatic N) is 3. The second-order valence-corrected chi connectivity index (χ2v) is 4.32. The molecule has 0 saturated carbocycles. The average molecular weight is 193 g/mol. The normalized spacial score (nSPS) is 12.3. The Morgan fingerprint density at radius 1 is 1.58 bits per heavy atom. The number of hydrogen-bond acceptors (Lipinski definition) is 3. The number of rotatable bonds is 2. The minimum Gasteiger partial charge on any atom is -0.203 e. The smallest absolute Gasteiger partial charge is 0.203 e. The average Bonchev–Trinajstić information content (AvgIpc) is 2.35. The number of halogens is 1. The first-order chi connectivity index (χ1) is 5.44. The highest BCUT2D eigenvalue weighted by atomic mass is 32.2. The maximum Gasteiger partial charge on any atom is 0.322 e. The molecule has 7 heteroatoms. The Morgan fingerprint density at radius 2 is 2.17 bits per heavy atom. The summed E-state index contributed by atoms with van der Waals surface area (Å²) in [5.74, 6) is -0.680. The summed E-state index contributed by atoms with van der Waals surface area (Å²) in [4.78, 5) is 0. The number of hydrogen-bond donors (Lipinski definition) is 0. The maximum absolute atomic E-state index is 12.4.